The normalized spacial score (nSPS) is 15.9. The quantitative estimate of drug-likeness (QED) is 0.795. The number of carbonyl (C=O) groups excluding carboxylic acids is 1. The Kier molecular flexibility index (Phi) is 6.86. The Bertz CT molecular complexity index is 750. The molecule has 0 spiro atoms. The first-order valence-corrected chi connectivity index (χ1v) is 11.0. The molecule has 1 fully saturated rings. The van der Waals surface area contributed by atoms with Crippen LogP contribution in [0.3, 0.4) is 0 Å². The van der Waals surface area contributed by atoms with E-state index in [1.807, 2.05) is 34.6 Å². The third-order valence-electron chi connectivity index (χ3n) is 5.81. The van der Waals surface area contributed by atoms with Crippen LogP contribution in [0.2, 0.25) is 0 Å². The first kappa shape index (κ1) is 20.9. The van der Waals surface area contributed by atoms with Gasteiger partial charge in [-0.25, -0.2) is 13.1 Å². The van der Waals surface area contributed by atoms with Crippen molar-refractivity contribution in [3.63, 3.8) is 0 Å². The van der Waals surface area contributed by atoms with E-state index in [1.165, 1.54) is 6.42 Å². The number of nitrogens with one attached hydrogen (secondary N) is 2. The van der Waals surface area contributed by atoms with Crippen molar-refractivity contribution < 1.29 is 13.2 Å². The molecule has 0 unspecified atom stereocenters. The molecule has 1 aromatic carbocycles. The maximum absolute atomic E-state index is 12.8. The summed E-state index contributed by atoms with van der Waals surface area (Å²) >= 11 is 0. The number of rotatable bonds is 6. The maximum atomic E-state index is 12.8. The van der Waals surface area contributed by atoms with Gasteiger partial charge >= 0.3 is 0 Å². The van der Waals surface area contributed by atoms with E-state index >= 15 is 0 Å². The lowest BCUT2D eigenvalue weighted by atomic mass is 9.95. The van der Waals surface area contributed by atoms with Crippen molar-refractivity contribution in [2.45, 2.75) is 84.1 Å². The maximum Gasteiger partial charge on any atom is 0.241 e. The van der Waals surface area contributed by atoms with Gasteiger partial charge in [0, 0.05) is 19.0 Å². The molecule has 1 saturated carbocycles. The molecule has 5 nitrogen and oxygen atoms in total. The van der Waals surface area contributed by atoms with Gasteiger partial charge in [0.05, 0.1) is 4.90 Å². The van der Waals surface area contributed by atoms with Crippen LogP contribution in [0.5, 0.6) is 0 Å². The van der Waals surface area contributed by atoms with Gasteiger partial charge in [0.1, 0.15) is 0 Å². The molecule has 0 radical (unpaired) electrons. The van der Waals surface area contributed by atoms with Crippen LogP contribution < -0.4 is 10.0 Å². The molecule has 0 aromatic heterocycles. The number of hydrogen-bond acceptors (Lipinski definition) is 3. The van der Waals surface area contributed by atoms with Crippen molar-refractivity contribution in [1.82, 2.24) is 10.0 Å². The summed E-state index contributed by atoms with van der Waals surface area (Å²) in [7, 11) is -3.64. The van der Waals surface area contributed by atoms with Gasteiger partial charge < -0.3 is 5.32 Å². The molecule has 0 aliphatic heterocycles. The van der Waals surface area contributed by atoms with Crippen LogP contribution in [0.15, 0.2) is 4.90 Å². The summed E-state index contributed by atoms with van der Waals surface area (Å²) in [6.07, 6.45) is 5.76. The van der Waals surface area contributed by atoms with E-state index in [2.05, 4.69) is 10.0 Å². The van der Waals surface area contributed by atoms with Gasteiger partial charge in [-0.2, -0.15) is 0 Å². The zero-order chi connectivity index (χ0) is 19.5. The van der Waals surface area contributed by atoms with Crippen molar-refractivity contribution >= 4 is 15.9 Å². The highest BCUT2D eigenvalue weighted by Crippen LogP contribution is 2.29. The largest absolute Gasteiger partial charge is 0.353 e. The molecule has 1 amide bonds. The summed E-state index contributed by atoms with van der Waals surface area (Å²) < 4.78 is 28.2. The Morgan fingerprint density at radius 2 is 1.38 bits per heavy atom. The van der Waals surface area contributed by atoms with Crippen LogP contribution in [-0.2, 0) is 14.8 Å². The Morgan fingerprint density at radius 1 is 0.885 bits per heavy atom. The molecule has 0 atom stereocenters. The van der Waals surface area contributed by atoms with Crippen LogP contribution in [0.4, 0.5) is 0 Å². The van der Waals surface area contributed by atoms with E-state index in [1.54, 1.807) is 0 Å². The van der Waals surface area contributed by atoms with Crippen molar-refractivity contribution in [2.24, 2.45) is 0 Å². The van der Waals surface area contributed by atoms with Gasteiger partial charge in [0.25, 0.3) is 0 Å². The average molecular weight is 381 g/mol. The molecule has 2 rings (SSSR count). The minimum atomic E-state index is -3.64. The highest BCUT2D eigenvalue weighted by molar-refractivity contribution is 7.89. The lowest BCUT2D eigenvalue weighted by Crippen LogP contribution is -2.38. The van der Waals surface area contributed by atoms with Crippen molar-refractivity contribution in [1.29, 1.82) is 0 Å². The molecular weight excluding hydrogens is 348 g/mol. The zero-order valence-electron chi connectivity index (χ0n) is 16.7. The van der Waals surface area contributed by atoms with Crippen molar-refractivity contribution in [3.8, 4) is 0 Å². The molecule has 0 saturated heterocycles. The van der Waals surface area contributed by atoms with Crippen LogP contribution in [0.25, 0.3) is 0 Å². The predicted octanol–water partition coefficient (Wildman–Crippen LogP) is 3.35. The highest BCUT2D eigenvalue weighted by atomic mass is 32.2. The predicted molar refractivity (Wildman–Crippen MR) is 105 cm³/mol. The molecule has 26 heavy (non-hydrogen) atoms. The molecule has 0 heterocycles. The van der Waals surface area contributed by atoms with Crippen LogP contribution >= 0.6 is 0 Å². The van der Waals surface area contributed by atoms with Gasteiger partial charge in [-0.15, -0.1) is 0 Å². The topological polar surface area (TPSA) is 75.3 Å². The van der Waals surface area contributed by atoms with Gasteiger partial charge in [0.2, 0.25) is 15.9 Å². The molecule has 1 aromatic rings. The number of sulfonamides is 1. The fourth-order valence-corrected chi connectivity index (χ4v) is 5.41. The SMILES string of the molecule is Cc1c(C)c(C)c(S(=O)(=O)NCCC(=O)NC2CCCCC2)c(C)c1C. The van der Waals surface area contributed by atoms with E-state index in [9.17, 15) is 13.2 Å². The average Bonchev–Trinajstić information content (AvgIpc) is 2.59. The Morgan fingerprint density at radius 3 is 1.92 bits per heavy atom. The van der Waals surface area contributed by atoms with Crippen molar-refractivity contribution in [3.05, 3.63) is 27.8 Å². The van der Waals surface area contributed by atoms with Crippen LogP contribution in [-0.4, -0.2) is 26.9 Å². The highest BCUT2D eigenvalue weighted by Gasteiger charge is 2.23. The summed E-state index contributed by atoms with van der Waals surface area (Å²) in [6.45, 7) is 9.73. The minimum Gasteiger partial charge on any atom is -0.353 e. The van der Waals surface area contributed by atoms with E-state index in [0.29, 0.717) is 4.90 Å². The van der Waals surface area contributed by atoms with Gasteiger partial charge in [-0.1, -0.05) is 19.3 Å². The fraction of sp³-hybridized carbons (Fsp3) is 0.650. The third-order valence-corrected chi connectivity index (χ3v) is 7.55. The molecular formula is C20H32N2O3S. The Balaban J connectivity index is 2.02. The zero-order valence-corrected chi connectivity index (χ0v) is 17.5. The lowest BCUT2D eigenvalue weighted by Gasteiger charge is -2.23. The summed E-state index contributed by atoms with van der Waals surface area (Å²) in [5.74, 6) is -0.0793. The summed E-state index contributed by atoms with van der Waals surface area (Å²) in [4.78, 5) is 12.4. The van der Waals surface area contributed by atoms with Gasteiger partial charge in [-0.05, 0) is 75.3 Å². The number of carbonyl (C=O) groups is 1. The van der Waals surface area contributed by atoms with Crippen LogP contribution in [0.1, 0.15) is 66.3 Å². The second kappa shape index (κ2) is 8.53. The Labute approximate surface area is 158 Å². The fourth-order valence-electron chi connectivity index (χ4n) is 3.79. The summed E-state index contributed by atoms with van der Waals surface area (Å²) in [6, 6.07) is 0.250. The summed E-state index contributed by atoms with van der Waals surface area (Å²) in [5.41, 5.74) is 4.70. The molecule has 1 aliphatic rings. The summed E-state index contributed by atoms with van der Waals surface area (Å²) in [5, 5.41) is 3.02. The third kappa shape index (κ3) is 4.65. The van der Waals surface area contributed by atoms with Crippen molar-refractivity contribution in [2.75, 3.05) is 6.54 Å². The Hall–Kier alpha value is -1.40. The molecule has 0 bridgehead atoms. The monoisotopic (exact) mass is 380 g/mol. The second-order valence-corrected chi connectivity index (χ2v) is 9.21. The minimum absolute atomic E-state index is 0.0793. The first-order valence-electron chi connectivity index (χ1n) is 9.51. The molecule has 1 aliphatic carbocycles. The van der Waals surface area contributed by atoms with E-state index in [0.717, 1.165) is 53.5 Å². The second-order valence-electron chi connectivity index (χ2n) is 7.50. The number of amides is 1. The van der Waals surface area contributed by atoms with Crippen LogP contribution in [0, 0.1) is 34.6 Å². The van der Waals surface area contributed by atoms with Gasteiger partial charge in [-0.3, -0.25) is 4.79 Å². The van der Waals surface area contributed by atoms with Gasteiger partial charge in [0.15, 0.2) is 0 Å². The molecule has 146 valence electrons. The number of benzene rings is 1. The number of hydrogen-bond donors (Lipinski definition) is 2. The van der Waals surface area contributed by atoms with E-state index in [4.69, 9.17) is 0 Å². The first-order chi connectivity index (χ1) is 12.1. The molecule has 2 N–H and O–H groups in total. The van der Waals surface area contributed by atoms with E-state index in [-0.39, 0.29) is 24.9 Å². The van der Waals surface area contributed by atoms with E-state index < -0.39 is 10.0 Å². The smallest absolute Gasteiger partial charge is 0.241 e. The lowest BCUT2D eigenvalue weighted by molar-refractivity contribution is -0.121. The standard InChI is InChI=1S/C20H32N2O3S/c1-13-14(2)16(4)20(17(5)15(13)3)26(24,25)21-12-11-19(23)22-18-9-7-6-8-10-18/h18,21H,6-12H2,1-5H3,(H,22,23). The molecule has 6 heteroatoms.